The number of aryl methyl sites for hydroxylation is 1. The van der Waals surface area contributed by atoms with Gasteiger partial charge in [0.15, 0.2) is 6.10 Å². The number of hydrogen-bond acceptors (Lipinski definition) is 3. The number of ether oxygens (including phenoxy) is 1. The van der Waals surface area contributed by atoms with Gasteiger partial charge in [0.1, 0.15) is 0 Å². The lowest BCUT2D eigenvalue weighted by Crippen LogP contribution is -2.42. The van der Waals surface area contributed by atoms with Gasteiger partial charge in [-0.3, -0.25) is 0 Å². The van der Waals surface area contributed by atoms with Crippen LogP contribution < -0.4 is 10.6 Å². The Bertz CT molecular complexity index is 448. The van der Waals surface area contributed by atoms with Crippen molar-refractivity contribution in [1.29, 1.82) is 0 Å². The Morgan fingerprint density at radius 1 is 1.37 bits per heavy atom. The third-order valence-corrected chi connectivity index (χ3v) is 2.54. The molecule has 0 aliphatic rings. The second-order valence-electron chi connectivity index (χ2n) is 4.12. The smallest absolute Gasteiger partial charge is 0.334 e. The molecular formula is C13H18N2O4. The van der Waals surface area contributed by atoms with Crippen molar-refractivity contribution in [1.82, 2.24) is 10.6 Å². The minimum Gasteiger partial charge on any atom is -0.479 e. The van der Waals surface area contributed by atoms with E-state index in [4.69, 9.17) is 9.84 Å². The van der Waals surface area contributed by atoms with Crippen LogP contribution in [0.2, 0.25) is 0 Å². The van der Waals surface area contributed by atoms with Crippen LogP contribution in [0.3, 0.4) is 0 Å². The van der Waals surface area contributed by atoms with E-state index in [1.54, 1.807) is 0 Å². The predicted molar refractivity (Wildman–Crippen MR) is 69.9 cm³/mol. The Kier molecular flexibility index (Phi) is 5.81. The maximum absolute atomic E-state index is 11.5. The summed E-state index contributed by atoms with van der Waals surface area (Å²) in [5, 5.41) is 13.8. The van der Waals surface area contributed by atoms with Crippen molar-refractivity contribution >= 4 is 12.0 Å². The summed E-state index contributed by atoms with van der Waals surface area (Å²) >= 11 is 0. The zero-order valence-corrected chi connectivity index (χ0v) is 11.0. The van der Waals surface area contributed by atoms with Gasteiger partial charge in [0.2, 0.25) is 0 Å². The summed E-state index contributed by atoms with van der Waals surface area (Å²) in [6.45, 7) is 2.28. The van der Waals surface area contributed by atoms with Crippen molar-refractivity contribution in [2.24, 2.45) is 0 Å². The lowest BCUT2D eigenvalue weighted by Gasteiger charge is -2.12. The van der Waals surface area contributed by atoms with Crippen LogP contribution in [0.1, 0.15) is 11.1 Å². The summed E-state index contributed by atoms with van der Waals surface area (Å²) in [7, 11) is 1.28. The first kappa shape index (κ1) is 15.0. The third kappa shape index (κ3) is 5.39. The maximum Gasteiger partial charge on any atom is 0.334 e. The summed E-state index contributed by atoms with van der Waals surface area (Å²) in [4.78, 5) is 22.1. The molecule has 6 nitrogen and oxygen atoms in total. The number of carboxylic acids is 1. The Morgan fingerprint density at radius 2 is 2.11 bits per heavy atom. The monoisotopic (exact) mass is 266 g/mol. The predicted octanol–water partition coefficient (Wildman–Crippen LogP) is 0.894. The molecule has 0 spiro atoms. The fraction of sp³-hybridized carbons (Fsp3) is 0.385. The fourth-order valence-corrected chi connectivity index (χ4v) is 1.52. The van der Waals surface area contributed by atoms with Gasteiger partial charge in [0.25, 0.3) is 0 Å². The number of nitrogens with one attached hydrogen (secondary N) is 2. The Labute approximate surface area is 111 Å². The van der Waals surface area contributed by atoms with E-state index in [0.29, 0.717) is 6.54 Å². The number of urea groups is 1. The van der Waals surface area contributed by atoms with Crippen LogP contribution >= 0.6 is 0 Å². The number of rotatable bonds is 6. The molecule has 1 aromatic rings. The maximum atomic E-state index is 11.5. The first-order valence-electron chi connectivity index (χ1n) is 5.85. The summed E-state index contributed by atoms with van der Waals surface area (Å²) in [5.74, 6) is -1.11. The van der Waals surface area contributed by atoms with Crippen molar-refractivity contribution in [2.75, 3.05) is 13.7 Å². The number of carbonyl (C=O) groups excluding carboxylic acids is 1. The minimum atomic E-state index is -1.11. The van der Waals surface area contributed by atoms with E-state index in [9.17, 15) is 9.59 Å². The molecule has 0 radical (unpaired) electrons. The molecule has 0 aliphatic heterocycles. The van der Waals surface area contributed by atoms with Gasteiger partial charge < -0.3 is 20.5 Å². The number of amides is 2. The van der Waals surface area contributed by atoms with Gasteiger partial charge in [-0.25, -0.2) is 9.59 Å². The molecular weight excluding hydrogens is 248 g/mol. The molecule has 1 rings (SSSR count). The zero-order valence-electron chi connectivity index (χ0n) is 11.0. The molecule has 6 heteroatoms. The molecule has 0 saturated carbocycles. The van der Waals surface area contributed by atoms with Crippen molar-refractivity contribution < 1.29 is 19.4 Å². The van der Waals surface area contributed by atoms with Crippen molar-refractivity contribution in [3.05, 3.63) is 35.4 Å². The van der Waals surface area contributed by atoms with Crippen LogP contribution in [0.15, 0.2) is 24.3 Å². The van der Waals surface area contributed by atoms with Crippen LogP contribution in [0.25, 0.3) is 0 Å². The largest absolute Gasteiger partial charge is 0.479 e. The lowest BCUT2D eigenvalue weighted by molar-refractivity contribution is -0.147. The second-order valence-corrected chi connectivity index (χ2v) is 4.12. The van der Waals surface area contributed by atoms with Gasteiger partial charge in [0.05, 0.1) is 6.54 Å². The number of carbonyl (C=O) groups is 2. The molecule has 19 heavy (non-hydrogen) atoms. The molecule has 1 unspecified atom stereocenters. The molecule has 0 bridgehead atoms. The average Bonchev–Trinajstić information content (AvgIpc) is 2.37. The first-order valence-corrected chi connectivity index (χ1v) is 5.85. The lowest BCUT2D eigenvalue weighted by atomic mass is 10.1. The summed E-state index contributed by atoms with van der Waals surface area (Å²) in [5.41, 5.74) is 2.10. The zero-order chi connectivity index (χ0) is 14.3. The van der Waals surface area contributed by atoms with E-state index in [1.165, 1.54) is 7.11 Å². The van der Waals surface area contributed by atoms with Crippen LogP contribution in [-0.4, -0.2) is 36.9 Å². The van der Waals surface area contributed by atoms with Crippen LogP contribution in [0.5, 0.6) is 0 Å². The van der Waals surface area contributed by atoms with Crippen LogP contribution in [0.4, 0.5) is 4.79 Å². The summed E-state index contributed by atoms with van der Waals surface area (Å²) < 4.78 is 4.70. The van der Waals surface area contributed by atoms with Gasteiger partial charge in [-0.05, 0) is 12.5 Å². The molecule has 0 aliphatic carbocycles. The summed E-state index contributed by atoms with van der Waals surface area (Å²) in [6, 6.07) is 7.33. The number of hydrogen-bond donors (Lipinski definition) is 3. The molecule has 104 valence electrons. The summed E-state index contributed by atoms with van der Waals surface area (Å²) in [6.07, 6.45) is -1.04. The van der Waals surface area contributed by atoms with E-state index in [2.05, 4.69) is 10.6 Å². The first-order chi connectivity index (χ1) is 9.02. The molecule has 0 saturated heterocycles. The highest BCUT2D eigenvalue weighted by molar-refractivity contribution is 5.76. The highest BCUT2D eigenvalue weighted by Gasteiger charge is 2.16. The van der Waals surface area contributed by atoms with Crippen molar-refractivity contribution in [3.8, 4) is 0 Å². The highest BCUT2D eigenvalue weighted by Crippen LogP contribution is 2.02. The molecule has 0 fully saturated rings. The molecule has 1 atom stereocenters. The van der Waals surface area contributed by atoms with Gasteiger partial charge in [-0.2, -0.15) is 0 Å². The van der Waals surface area contributed by atoms with E-state index in [0.717, 1.165) is 11.1 Å². The molecule has 1 aromatic carbocycles. The molecule has 0 heterocycles. The SMILES string of the molecule is COC(CNC(=O)NCc1cccc(C)c1)C(=O)O. The van der Waals surface area contributed by atoms with Crippen molar-refractivity contribution in [3.63, 3.8) is 0 Å². The standard InChI is InChI=1S/C13H18N2O4/c1-9-4-3-5-10(6-9)7-14-13(18)15-8-11(19-2)12(16)17/h3-6,11H,7-8H2,1-2H3,(H,16,17)(H2,14,15,18). The molecule has 2 amide bonds. The quantitative estimate of drug-likeness (QED) is 0.713. The van der Waals surface area contributed by atoms with E-state index in [1.807, 2.05) is 31.2 Å². The normalized spacial score (nSPS) is 11.7. The number of benzene rings is 1. The van der Waals surface area contributed by atoms with E-state index < -0.39 is 18.1 Å². The van der Waals surface area contributed by atoms with Gasteiger partial charge in [-0.1, -0.05) is 29.8 Å². The Hall–Kier alpha value is -2.08. The number of aliphatic carboxylic acids is 1. The number of methoxy groups -OCH3 is 1. The molecule has 0 aromatic heterocycles. The van der Waals surface area contributed by atoms with Gasteiger partial charge in [0, 0.05) is 13.7 Å². The minimum absolute atomic E-state index is 0.0779. The number of carboxylic acid groups (broad SMARTS) is 1. The van der Waals surface area contributed by atoms with Gasteiger partial charge >= 0.3 is 12.0 Å². The topological polar surface area (TPSA) is 87.7 Å². The van der Waals surface area contributed by atoms with E-state index in [-0.39, 0.29) is 6.54 Å². The van der Waals surface area contributed by atoms with Crippen LogP contribution in [0, 0.1) is 6.92 Å². The Balaban J connectivity index is 2.34. The van der Waals surface area contributed by atoms with Crippen molar-refractivity contribution in [2.45, 2.75) is 19.6 Å². The third-order valence-electron chi connectivity index (χ3n) is 2.54. The second kappa shape index (κ2) is 7.38. The highest BCUT2D eigenvalue weighted by atomic mass is 16.5. The van der Waals surface area contributed by atoms with Crippen LogP contribution in [-0.2, 0) is 16.1 Å². The fourth-order valence-electron chi connectivity index (χ4n) is 1.52. The molecule has 3 N–H and O–H groups in total. The van der Waals surface area contributed by atoms with E-state index >= 15 is 0 Å². The Morgan fingerprint density at radius 3 is 2.68 bits per heavy atom. The van der Waals surface area contributed by atoms with Gasteiger partial charge in [-0.15, -0.1) is 0 Å². The average molecular weight is 266 g/mol.